The Morgan fingerprint density at radius 2 is 1.76 bits per heavy atom. The van der Waals surface area contributed by atoms with Gasteiger partial charge >= 0.3 is 5.97 Å². The molecule has 0 bridgehead atoms. The molecule has 1 N–H and O–H groups in total. The summed E-state index contributed by atoms with van der Waals surface area (Å²) in [6.45, 7) is 8.00. The molecule has 0 aliphatic carbocycles. The molecule has 0 saturated carbocycles. The highest BCUT2D eigenvalue weighted by Gasteiger charge is 2.37. The van der Waals surface area contributed by atoms with Gasteiger partial charge in [-0.05, 0) is 31.5 Å². The van der Waals surface area contributed by atoms with Crippen molar-refractivity contribution in [2.24, 2.45) is 0 Å². The molecule has 1 aliphatic heterocycles. The van der Waals surface area contributed by atoms with Crippen LogP contribution in [0, 0.1) is 0 Å². The first-order valence-electron chi connectivity index (χ1n) is 7.70. The zero-order chi connectivity index (χ0) is 15.5. The van der Waals surface area contributed by atoms with Gasteiger partial charge in [-0.2, -0.15) is 0 Å². The summed E-state index contributed by atoms with van der Waals surface area (Å²) in [4.78, 5) is 16.0. The average molecular weight is 290 g/mol. The first-order valence-corrected chi connectivity index (χ1v) is 7.70. The monoisotopic (exact) mass is 290 g/mol. The van der Waals surface area contributed by atoms with Gasteiger partial charge in [0.1, 0.15) is 0 Å². The van der Waals surface area contributed by atoms with E-state index in [2.05, 4.69) is 55.0 Å². The molecule has 0 radical (unpaired) electrons. The standard InChI is InChI=1S/C17H26N2O2/c1-4-14-5-7-15(8-6-14)17(2,13-16(20)21)19-11-9-18(3)10-12-19/h5-8H,4,9-13H2,1-3H3,(H,20,21). The van der Waals surface area contributed by atoms with Crippen molar-refractivity contribution in [3.8, 4) is 0 Å². The first-order chi connectivity index (χ1) is 9.95. The van der Waals surface area contributed by atoms with Gasteiger partial charge < -0.3 is 10.0 Å². The number of hydrogen-bond donors (Lipinski definition) is 1. The third kappa shape index (κ3) is 3.63. The normalized spacial score (nSPS) is 20.1. The lowest BCUT2D eigenvalue weighted by molar-refractivity contribution is -0.140. The number of aliphatic carboxylic acids is 1. The van der Waals surface area contributed by atoms with Gasteiger partial charge in [-0.1, -0.05) is 31.2 Å². The number of aryl methyl sites for hydroxylation is 1. The van der Waals surface area contributed by atoms with Gasteiger partial charge in [0.05, 0.1) is 12.0 Å². The van der Waals surface area contributed by atoms with E-state index in [4.69, 9.17) is 0 Å². The van der Waals surface area contributed by atoms with Gasteiger partial charge in [-0.15, -0.1) is 0 Å². The summed E-state index contributed by atoms with van der Waals surface area (Å²) in [5, 5.41) is 9.36. The van der Waals surface area contributed by atoms with Crippen molar-refractivity contribution in [3.63, 3.8) is 0 Å². The fourth-order valence-electron chi connectivity index (χ4n) is 3.09. The maximum atomic E-state index is 11.4. The summed E-state index contributed by atoms with van der Waals surface area (Å²) in [5.41, 5.74) is 1.96. The summed E-state index contributed by atoms with van der Waals surface area (Å²) in [7, 11) is 2.11. The third-order valence-corrected chi connectivity index (χ3v) is 4.68. The number of piperazine rings is 1. The fourth-order valence-corrected chi connectivity index (χ4v) is 3.09. The zero-order valence-electron chi connectivity index (χ0n) is 13.3. The van der Waals surface area contributed by atoms with Crippen molar-refractivity contribution < 1.29 is 9.90 Å². The van der Waals surface area contributed by atoms with E-state index in [-0.39, 0.29) is 6.42 Å². The van der Waals surface area contributed by atoms with Crippen molar-refractivity contribution in [1.82, 2.24) is 9.80 Å². The highest BCUT2D eigenvalue weighted by atomic mass is 16.4. The van der Waals surface area contributed by atoms with Crippen molar-refractivity contribution >= 4 is 5.97 Å². The molecule has 0 amide bonds. The molecule has 1 aliphatic rings. The minimum Gasteiger partial charge on any atom is -0.481 e. The van der Waals surface area contributed by atoms with Crippen LogP contribution in [0.3, 0.4) is 0 Å². The highest BCUT2D eigenvalue weighted by Crippen LogP contribution is 2.33. The number of carboxylic acids is 1. The van der Waals surface area contributed by atoms with Crippen LogP contribution in [0.15, 0.2) is 24.3 Å². The lowest BCUT2D eigenvalue weighted by atomic mass is 9.85. The molecule has 4 nitrogen and oxygen atoms in total. The summed E-state index contributed by atoms with van der Waals surface area (Å²) in [5.74, 6) is -0.740. The Balaban J connectivity index is 2.28. The van der Waals surface area contributed by atoms with Crippen LogP contribution in [-0.2, 0) is 16.8 Å². The van der Waals surface area contributed by atoms with Gasteiger partial charge in [0.15, 0.2) is 0 Å². The van der Waals surface area contributed by atoms with Crippen LogP contribution in [0.5, 0.6) is 0 Å². The zero-order valence-corrected chi connectivity index (χ0v) is 13.3. The Kier molecular flexibility index (Phi) is 5.01. The minimum absolute atomic E-state index is 0.141. The molecule has 116 valence electrons. The minimum atomic E-state index is -0.740. The van der Waals surface area contributed by atoms with E-state index in [1.165, 1.54) is 5.56 Å². The lowest BCUT2D eigenvalue weighted by Crippen LogP contribution is -2.54. The molecule has 1 atom stereocenters. The van der Waals surface area contributed by atoms with E-state index >= 15 is 0 Å². The van der Waals surface area contributed by atoms with Gasteiger partial charge in [-0.25, -0.2) is 0 Å². The Labute approximate surface area is 127 Å². The average Bonchev–Trinajstić information content (AvgIpc) is 2.47. The number of benzene rings is 1. The second kappa shape index (κ2) is 6.58. The summed E-state index contributed by atoms with van der Waals surface area (Å²) < 4.78 is 0. The summed E-state index contributed by atoms with van der Waals surface area (Å²) in [6, 6.07) is 8.43. The number of rotatable bonds is 5. The molecule has 4 heteroatoms. The van der Waals surface area contributed by atoms with E-state index in [9.17, 15) is 9.90 Å². The predicted octanol–water partition coefficient (Wildman–Crippen LogP) is 2.19. The van der Waals surface area contributed by atoms with E-state index in [1.807, 2.05) is 0 Å². The second-order valence-corrected chi connectivity index (χ2v) is 6.19. The van der Waals surface area contributed by atoms with E-state index in [0.29, 0.717) is 0 Å². The van der Waals surface area contributed by atoms with Crippen molar-refractivity contribution in [1.29, 1.82) is 0 Å². The highest BCUT2D eigenvalue weighted by molar-refractivity contribution is 5.69. The van der Waals surface area contributed by atoms with E-state index in [0.717, 1.165) is 38.2 Å². The molecule has 1 fully saturated rings. The maximum Gasteiger partial charge on any atom is 0.305 e. The first kappa shape index (κ1) is 16.0. The van der Waals surface area contributed by atoms with Crippen LogP contribution >= 0.6 is 0 Å². The Morgan fingerprint density at radius 3 is 2.24 bits per heavy atom. The van der Waals surface area contributed by atoms with Crippen LogP contribution in [0.25, 0.3) is 0 Å². The van der Waals surface area contributed by atoms with Crippen LogP contribution in [0.4, 0.5) is 0 Å². The third-order valence-electron chi connectivity index (χ3n) is 4.68. The molecule has 21 heavy (non-hydrogen) atoms. The molecule has 2 rings (SSSR count). The van der Waals surface area contributed by atoms with Crippen molar-refractivity contribution in [3.05, 3.63) is 35.4 Å². The van der Waals surface area contributed by atoms with Crippen molar-refractivity contribution in [2.75, 3.05) is 33.2 Å². The van der Waals surface area contributed by atoms with Crippen LogP contribution in [-0.4, -0.2) is 54.1 Å². The molecule has 0 spiro atoms. The summed E-state index contributed by atoms with van der Waals surface area (Å²) in [6.07, 6.45) is 1.15. The largest absolute Gasteiger partial charge is 0.481 e. The molecule has 1 aromatic rings. The SMILES string of the molecule is CCc1ccc(C(C)(CC(=O)O)N2CCN(C)CC2)cc1. The number of nitrogens with zero attached hydrogens (tertiary/aromatic N) is 2. The molecule has 1 saturated heterocycles. The fraction of sp³-hybridized carbons (Fsp3) is 0.588. The van der Waals surface area contributed by atoms with Gasteiger partial charge in [0, 0.05) is 26.2 Å². The Hall–Kier alpha value is -1.39. The lowest BCUT2D eigenvalue weighted by Gasteiger charge is -2.45. The van der Waals surface area contributed by atoms with Crippen LogP contribution < -0.4 is 0 Å². The number of carboxylic acid groups (broad SMARTS) is 1. The van der Waals surface area contributed by atoms with E-state index < -0.39 is 11.5 Å². The smallest absolute Gasteiger partial charge is 0.305 e. The van der Waals surface area contributed by atoms with Crippen LogP contribution in [0.2, 0.25) is 0 Å². The molecule has 1 heterocycles. The molecule has 0 aromatic heterocycles. The van der Waals surface area contributed by atoms with Gasteiger partial charge in [0.25, 0.3) is 0 Å². The number of likely N-dealkylation sites (N-methyl/N-ethyl adjacent to an activating group) is 1. The molecular weight excluding hydrogens is 264 g/mol. The van der Waals surface area contributed by atoms with Gasteiger partial charge in [0.2, 0.25) is 0 Å². The van der Waals surface area contributed by atoms with Gasteiger partial charge in [-0.3, -0.25) is 9.69 Å². The molecular formula is C17H26N2O2. The molecule has 1 aromatic carbocycles. The number of carbonyl (C=O) groups is 1. The quantitative estimate of drug-likeness (QED) is 0.903. The topological polar surface area (TPSA) is 43.8 Å². The second-order valence-electron chi connectivity index (χ2n) is 6.19. The van der Waals surface area contributed by atoms with Crippen LogP contribution in [0.1, 0.15) is 31.4 Å². The summed E-state index contributed by atoms with van der Waals surface area (Å²) >= 11 is 0. The predicted molar refractivity (Wildman–Crippen MR) is 84.5 cm³/mol. The maximum absolute atomic E-state index is 11.4. The van der Waals surface area contributed by atoms with Crippen molar-refractivity contribution in [2.45, 2.75) is 32.2 Å². The molecule has 1 unspecified atom stereocenters. The van der Waals surface area contributed by atoms with E-state index in [1.54, 1.807) is 0 Å². The Morgan fingerprint density at radius 1 is 1.19 bits per heavy atom. The number of hydrogen-bond acceptors (Lipinski definition) is 3. The Bertz CT molecular complexity index is 478.